The number of rotatable bonds is 5. The van der Waals surface area contributed by atoms with E-state index in [1.165, 1.54) is 43.7 Å². The Labute approximate surface area is 164 Å². The first-order chi connectivity index (χ1) is 13.2. The second-order valence-electron chi connectivity index (χ2n) is 5.79. The molecule has 1 amide bonds. The van der Waals surface area contributed by atoms with Gasteiger partial charge in [-0.25, -0.2) is 26.6 Å². The maximum absolute atomic E-state index is 15.2. The van der Waals surface area contributed by atoms with Gasteiger partial charge >= 0.3 is 6.09 Å². The van der Waals surface area contributed by atoms with Gasteiger partial charge in [-0.2, -0.15) is 0 Å². The van der Waals surface area contributed by atoms with Crippen molar-refractivity contribution in [2.75, 3.05) is 7.05 Å². The molecule has 0 aliphatic heterocycles. The molecule has 146 valence electrons. The summed E-state index contributed by atoms with van der Waals surface area (Å²) in [5.41, 5.74) is -0.415. The normalized spacial score (nSPS) is 11.4. The minimum absolute atomic E-state index is 0.0540. The van der Waals surface area contributed by atoms with Crippen molar-refractivity contribution >= 4 is 27.7 Å². The average molecular weight is 425 g/mol. The highest BCUT2D eigenvalue weighted by atomic mass is 35.5. The summed E-state index contributed by atoms with van der Waals surface area (Å²) in [6.45, 7) is -0.360. The number of carboxylic acid groups (broad SMARTS) is 1. The summed E-state index contributed by atoms with van der Waals surface area (Å²) in [6.07, 6.45) is 3.66. The maximum atomic E-state index is 15.2. The Kier molecular flexibility index (Phi) is 5.34. The third-order valence-corrected chi connectivity index (χ3v) is 5.87. The molecule has 28 heavy (non-hydrogen) atoms. The lowest BCUT2D eigenvalue weighted by atomic mass is 10.2. The molecule has 0 saturated heterocycles. The van der Waals surface area contributed by atoms with Crippen LogP contribution in [0.1, 0.15) is 5.56 Å². The third-order valence-electron chi connectivity index (χ3n) is 3.92. The van der Waals surface area contributed by atoms with Gasteiger partial charge in [-0.15, -0.1) is 0 Å². The lowest BCUT2D eigenvalue weighted by molar-refractivity contribution is 0.153. The molecule has 3 heterocycles. The smallest absolute Gasteiger partial charge is 0.407 e. The highest BCUT2D eigenvalue weighted by Crippen LogP contribution is 2.34. The van der Waals surface area contributed by atoms with Gasteiger partial charge in [0, 0.05) is 43.0 Å². The summed E-state index contributed by atoms with van der Waals surface area (Å²) in [5, 5.41) is 8.95. The van der Waals surface area contributed by atoms with Gasteiger partial charge in [0.15, 0.2) is 5.82 Å². The van der Waals surface area contributed by atoms with Gasteiger partial charge in [-0.05, 0) is 24.3 Å². The first-order valence-electron chi connectivity index (χ1n) is 7.83. The monoisotopic (exact) mass is 424 g/mol. The number of nitrogens with zero attached hydrogens (tertiary/aromatic N) is 4. The molecular formula is C17H14ClFN4O4S. The number of halogens is 2. The predicted octanol–water partition coefficient (Wildman–Crippen LogP) is 3.08. The Morgan fingerprint density at radius 1 is 1.32 bits per heavy atom. The van der Waals surface area contributed by atoms with E-state index in [4.69, 9.17) is 16.7 Å². The van der Waals surface area contributed by atoms with E-state index in [0.717, 1.165) is 21.3 Å². The van der Waals surface area contributed by atoms with Gasteiger partial charge in [0.05, 0.1) is 6.54 Å². The number of hydrogen-bond acceptors (Lipinski definition) is 5. The quantitative estimate of drug-likeness (QED) is 0.631. The van der Waals surface area contributed by atoms with E-state index >= 15 is 4.39 Å². The number of carbonyl (C=O) groups is 1. The van der Waals surface area contributed by atoms with Gasteiger partial charge in [0.1, 0.15) is 15.7 Å². The molecule has 8 nitrogen and oxygen atoms in total. The maximum Gasteiger partial charge on any atom is 0.407 e. The number of pyridine rings is 2. The van der Waals surface area contributed by atoms with Gasteiger partial charge in [-0.1, -0.05) is 11.6 Å². The molecule has 0 spiro atoms. The average Bonchev–Trinajstić information content (AvgIpc) is 3.00. The topological polar surface area (TPSA) is 105 Å². The molecule has 0 saturated carbocycles. The van der Waals surface area contributed by atoms with Crippen molar-refractivity contribution in [1.82, 2.24) is 18.8 Å². The standard InChI is InChI=1S/C17H14ClFN4O4S/c1-22(17(24)25)9-11-10-23(28(26,27)12-4-2-6-20-8-12)15(14(11)19)13-5-3-7-21-16(13)18/h2-8,10H,9H2,1H3,(H,24,25). The van der Waals surface area contributed by atoms with Crippen LogP contribution in [0.3, 0.4) is 0 Å². The fraction of sp³-hybridized carbons (Fsp3) is 0.118. The molecule has 1 N–H and O–H groups in total. The van der Waals surface area contributed by atoms with Gasteiger partial charge < -0.3 is 10.0 Å². The zero-order valence-corrected chi connectivity index (χ0v) is 16.0. The fourth-order valence-electron chi connectivity index (χ4n) is 2.55. The second-order valence-corrected chi connectivity index (χ2v) is 7.96. The van der Waals surface area contributed by atoms with E-state index in [-0.39, 0.29) is 33.4 Å². The molecule has 3 aromatic rings. The summed E-state index contributed by atoms with van der Waals surface area (Å²) in [7, 11) is -2.99. The van der Waals surface area contributed by atoms with Crippen LogP contribution in [0.15, 0.2) is 53.9 Å². The Morgan fingerprint density at radius 2 is 2.04 bits per heavy atom. The molecule has 0 aliphatic rings. The SMILES string of the molecule is CN(Cc1cn(S(=O)(=O)c2cccnc2)c(-c2cccnc2Cl)c1F)C(=O)O. The Bertz CT molecular complexity index is 1140. The summed E-state index contributed by atoms with van der Waals surface area (Å²) in [6, 6.07) is 5.66. The Hall–Kier alpha value is -2.98. The molecule has 0 fully saturated rings. The van der Waals surface area contributed by atoms with Crippen LogP contribution in [0.5, 0.6) is 0 Å². The molecule has 0 atom stereocenters. The Balaban J connectivity index is 2.27. The summed E-state index contributed by atoms with van der Waals surface area (Å²) in [4.78, 5) is 19.4. The van der Waals surface area contributed by atoms with Crippen LogP contribution >= 0.6 is 11.6 Å². The van der Waals surface area contributed by atoms with Crippen LogP contribution in [0.2, 0.25) is 5.15 Å². The van der Waals surface area contributed by atoms with E-state index in [0.29, 0.717) is 0 Å². The van der Waals surface area contributed by atoms with Crippen molar-refractivity contribution in [2.24, 2.45) is 0 Å². The number of hydrogen-bond donors (Lipinski definition) is 1. The van der Waals surface area contributed by atoms with Crippen LogP contribution in [0.25, 0.3) is 11.3 Å². The summed E-state index contributed by atoms with van der Waals surface area (Å²) < 4.78 is 42.1. The van der Waals surface area contributed by atoms with E-state index in [9.17, 15) is 13.2 Å². The molecule has 11 heteroatoms. The second kappa shape index (κ2) is 7.56. The lowest BCUT2D eigenvalue weighted by Crippen LogP contribution is -2.24. The van der Waals surface area contributed by atoms with Gasteiger partial charge in [0.2, 0.25) is 0 Å². The zero-order valence-electron chi connectivity index (χ0n) is 14.5. The molecule has 0 bridgehead atoms. The molecule has 0 unspecified atom stereocenters. The van der Waals surface area contributed by atoms with Crippen LogP contribution in [-0.4, -0.2) is 45.5 Å². The largest absolute Gasteiger partial charge is 0.465 e. The molecule has 3 rings (SSSR count). The van der Waals surface area contributed by atoms with Crippen molar-refractivity contribution in [3.05, 3.63) is 65.6 Å². The summed E-state index contributed by atoms with van der Waals surface area (Å²) >= 11 is 6.06. The van der Waals surface area contributed by atoms with E-state index in [2.05, 4.69) is 9.97 Å². The van der Waals surface area contributed by atoms with E-state index in [1.807, 2.05) is 0 Å². The van der Waals surface area contributed by atoms with Crippen molar-refractivity contribution < 1.29 is 22.7 Å². The zero-order chi connectivity index (χ0) is 20.5. The van der Waals surface area contributed by atoms with Gasteiger partial charge in [0.25, 0.3) is 10.0 Å². The first kappa shape index (κ1) is 19.8. The highest BCUT2D eigenvalue weighted by Gasteiger charge is 2.29. The molecular weight excluding hydrogens is 411 g/mol. The summed E-state index contributed by atoms with van der Waals surface area (Å²) in [5.74, 6) is -0.907. The van der Waals surface area contributed by atoms with E-state index in [1.54, 1.807) is 0 Å². The van der Waals surface area contributed by atoms with Crippen LogP contribution < -0.4 is 0 Å². The lowest BCUT2D eigenvalue weighted by Gasteiger charge is -2.11. The fourth-order valence-corrected chi connectivity index (χ4v) is 4.11. The first-order valence-corrected chi connectivity index (χ1v) is 9.65. The van der Waals surface area contributed by atoms with Crippen LogP contribution in [-0.2, 0) is 16.6 Å². The van der Waals surface area contributed by atoms with Crippen molar-refractivity contribution in [2.45, 2.75) is 11.4 Å². The predicted molar refractivity (Wildman–Crippen MR) is 98.9 cm³/mol. The highest BCUT2D eigenvalue weighted by molar-refractivity contribution is 7.90. The van der Waals surface area contributed by atoms with Crippen LogP contribution in [0, 0.1) is 5.82 Å². The Morgan fingerprint density at radius 3 is 2.64 bits per heavy atom. The molecule has 0 aliphatic carbocycles. The van der Waals surface area contributed by atoms with Gasteiger partial charge in [-0.3, -0.25) is 4.98 Å². The minimum Gasteiger partial charge on any atom is -0.465 e. The van der Waals surface area contributed by atoms with Crippen molar-refractivity contribution in [3.63, 3.8) is 0 Å². The molecule has 0 aromatic carbocycles. The van der Waals surface area contributed by atoms with Crippen LogP contribution in [0.4, 0.5) is 9.18 Å². The van der Waals surface area contributed by atoms with E-state index < -0.39 is 21.9 Å². The molecule has 0 radical (unpaired) electrons. The van der Waals surface area contributed by atoms with Crippen molar-refractivity contribution in [1.29, 1.82) is 0 Å². The molecule has 3 aromatic heterocycles. The number of aromatic nitrogens is 3. The minimum atomic E-state index is -4.23. The van der Waals surface area contributed by atoms with Crippen molar-refractivity contribution in [3.8, 4) is 11.3 Å². The number of amides is 1. The third kappa shape index (κ3) is 3.56.